The van der Waals surface area contributed by atoms with Gasteiger partial charge in [-0.15, -0.1) is 0 Å². The number of carbonyl (C=O) groups is 3. The fraction of sp³-hybridized carbons (Fsp3) is 0.342. The van der Waals surface area contributed by atoms with Crippen LogP contribution in [0, 0.1) is 5.92 Å². The Kier molecular flexibility index (Phi) is 13.2. The van der Waals surface area contributed by atoms with Crippen LogP contribution in [0.1, 0.15) is 53.7 Å². The van der Waals surface area contributed by atoms with E-state index in [0.29, 0.717) is 36.3 Å². The first-order chi connectivity index (χ1) is 23.8. The van der Waals surface area contributed by atoms with E-state index < -0.39 is 42.1 Å². The fourth-order valence-corrected chi connectivity index (χ4v) is 6.21. The molecule has 49 heavy (non-hydrogen) atoms. The van der Waals surface area contributed by atoms with Gasteiger partial charge in [0.2, 0.25) is 5.91 Å². The highest BCUT2D eigenvalue weighted by molar-refractivity contribution is 9.10. The summed E-state index contributed by atoms with van der Waals surface area (Å²) in [5, 5.41) is 9.71. The topological polar surface area (TPSA) is 125 Å². The third-order valence-corrected chi connectivity index (χ3v) is 8.83. The lowest BCUT2D eigenvalue weighted by Crippen LogP contribution is -2.42. The number of imide groups is 1. The third-order valence-electron chi connectivity index (χ3n) is 8.15. The van der Waals surface area contributed by atoms with Gasteiger partial charge < -0.3 is 28.5 Å². The molecule has 0 bridgehead atoms. The van der Waals surface area contributed by atoms with Crippen LogP contribution < -0.4 is 0 Å². The predicted molar refractivity (Wildman–Crippen MR) is 183 cm³/mol. The van der Waals surface area contributed by atoms with Crippen molar-refractivity contribution in [1.29, 1.82) is 0 Å². The summed E-state index contributed by atoms with van der Waals surface area (Å²) in [6.07, 6.45) is -1.11. The molecule has 10 nitrogen and oxygen atoms in total. The number of hydrogen-bond acceptors (Lipinski definition) is 9. The maximum Gasteiger partial charge on any atom is 0.417 e. The van der Waals surface area contributed by atoms with Crippen molar-refractivity contribution < 1.29 is 42.9 Å². The van der Waals surface area contributed by atoms with E-state index >= 15 is 0 Å². The molecule has 5 rings (SSSR count). The molecule has 11 heteroatoms. The minimum absolute atomic E-state index is 0.0155. The summed E-state index contributed by atoms with van der Waals surface area (Å²) in [6.45, 7) is 2.11. The van der Waals surface area contributed by atoms with Gasteiger partial charge in [0, 0.05) is 20.0 Å². The number of cyclic esters (lactones) is 1. The molecule has 4 aromatic rings. The number of furan rings is 1. The van der Waals surface area contributed by atoms with Crippen molar-refractivity contribution in [1.82, 2.24) is 4.90 Å². The summed E-state index contributed by atoms with van der Waals surface area (Å²) < 4.78 is 29.6. The van der Waals surface area contributed by atoms with Gasteiger partial charge in [0.25, 0.3) is 0 Å². The van der Waals surface area contributed by atoms with Crippen molar-refractivity contribution in [3.8, 4) is 0 Å². The van der Waals surface area contributed by atoms with Crippen LogP contribution in [-0.2, 0) is 48.0 Å². The van der Waals surface area contributed by atoms with Crippen LogP contribution >= 0.6 is 15.9 Å². The zero-order valence-corrected chi connectivity index (χ0v) is 28.8. The zero-order valence-electron chi connectivity index (χ0n) is 27.2. The minimum atomic E-state index is -1.14. The lowest BCUT2D eigenvalue weighted by molar-refractivity contribution is -0.155. The summed E-state index contributed by atoms with van der Waals surface area (Å²) >= 11 is 3.57. The summed E-state index contributed by atoms with van der Waals surface area (Å²) in [6, 6.07) is 29.3. The highest BCUT2D eigenvalue weighted by Gasteiger charge is 2.46. The van der Waals surface area contributed by atoms with Crippen molar-refractivity contribution in [2.45, 2.75) is 51.0 Å². The highest BCUT2D eigenvalue weighted by atomic mass is 79.9. The lowest BCUT2D eigenvalue weighted by atomic mass is 9.90. The molecule has 1 aromatic heterocycles. The fourth-order valence-electron chi connectivity index (χ4n) is 5.70. The second-order valence-corrected chi connectivity index (χ2v) is 12.6. The Hall–Kier alpha value is -4.29. The number of esters is 1. The summed E-state index contributed by atoms with van der Waals surface area (Å²) in [4.78, 5) is 41.1. The van der Waals surface area contributed by atoms with Crippen LogP contribution in [0.4, 0.5) is 4.79 Å². The number of ether oxygens (including phenoxy) is 4. The Balaban J connectivity index is 1.29. The summed E-state index contributed by atoms with van der Waals surface area (Å²) in [7, 11) is 0. The number of halogens is 1. The highest BCUT2D eigenvalue weighted by Crippen LogP contribution is 2.38. The van der Waals surface area contributed by atoms with Gasteiger partial charge in [-0.3, -0.25) is 9.59 Å². The molecule has 2 amide bonds. The number of rotatable bonds is 17. The van der Waals surface area contributed by atoms with Crippen molar-refractivity contribution in [3.63, 3.8) is 0 Å². The second kappa shape index (κ2) is 17.9. The van der Waals surface area contributed by atoms with E-state index in [4.69, 9.17) is 23.4 Å². The average molecular weight is 735 g/mol. The Bertz CT molecular complexity index is 1650. The number of carbonyl (C=O) groups excluding carboxylic acids is 3. The maximum atomic E-state index is 14.4. The number of aliphatic hydroxyl groups is 1. The van der Waals surface area contributed by atoms with Gasteiger partial charge in [0.1, 0.15) is 30.3 Å². The van der Waals surface area contributed by atoms with E-state index in [1.165, 1.54) is 6.92 Å². The van der Waals surface area contributed by atoms with Crippen LogP contribution in [0.25, 0.3) is 0 Å². The van der Waals surface area contributed by atoms with Crippen molar-refractivity contribution >= 4 is 33.9 Å². The second-order valence-electron chi connectivity index (χ2n) is 11.7. The molecule has 1 fully saturated rings. The number of hydrogen-bond donors (Lipinski definition) is 1. The molecule has 1 aliphatic rings. The minimum Gasteiger partial charge on any atom is -0.461 e. The van der Waals surface area contributed by atoms with Gasteiger partial charge in [0.15, 0.2) is 6.10 Å². The zero-order chi connectivity index (χ0) is 34.6. The molecule has 0 unspecified atom stereocenters. The van der Waals surface area contributed by atoms with Crippen LogP contribution in [0.15, 0.2) is 106 Å². The smallest absolute Gasteiger partial charge is 0.417 e. The van der Waals surface area contributed by atoms with Crippen LogP contribution in [0.2, 0.25) is 0 Å². The van der Waals surface area contributed by atoms with Crippen molar-refractivity contribution in [2.75, 3.05) is 26.4 Å². The molecule has 1 N–H and O–H groups in total. The van der Waals surface area contributed by atoms with Crippen molar-refractivity contribution in [2.24, 2.45) is 5.92 Å². The quantitative estimate of drug-likeness (QED) is 0.0927. The molecule has 0 radical (unpaired) electrons. The molecule has 1 aliphatic heterocycles. The van der Waals surface area contributed by atoms with Crippen molar-refractivity contribution in [3.05, 3.63) is 130 Å². The Morgan fingerprint density at radius 3 is 2.29 bits per heavy atom. The van der Waals surface area contributed by atoms with Gasteiger partial charge in [-0.2, -0.15) is 0 Å². The Morgan fingerprint density at radius 1 is 0.980 bits per heavy atom. The van der Waals surface area contributed by atoms with E-state index in [9.17, 15) is 19.5 Å². The van der Waals surface area contributed by atoms with Gasteiger partial charge >= 0.3 is 12.1 Å². The number of aliphatic hydroxyl groups excluding tert-OH is 1. The number of nitrogens with zero attached hydrogens (tertiary/aromatic N) is 1. The molecular formula is C38H40BrNO9. The molecule has 4 atom stereocenters. The number of amides is 2. The predicted octanol–water partition coefficient (Wildman–Crippen LogP) is 6.75. The molecule has 0 aliphatic carbocycles. The molecule has 0 saturated carbocycles. The Labute approximate surface area is 294 Å². The van der Waals surface area contributed by atoms with Crippen LogP contribution in [0.3, 0.4) is 0 Å². The van der Waals surface area contributed by atoms with Gasteiger partial charge in [-0.05, 0) is 51.5 Å². The summed E-state index contributed by atoms with van der Waals surface area (Å²) in [5.41, 5.74) is 2.58. The van der Waals surface area contributed by atoms with Gasteiger partial charge in [-0.1, -0.05) is 91.0 Å². The van der Waals surface area contributed by atoms with E-state index in [0.717, 1.165) is 21.6 Å². The van der Waals surface area contributed by atoms with Crippen LogP contribution in [-0.4, -0.2) is 60.5 Å². The standard InChI is InChI=1S/C38H40BrNO9/c1-26(42)48-36(35-21-32(39)34(49-35)18-11-19-45-24-30(22-41)46-23-28-14-7-3-8-15-28)31(20-27-12-5-2-6-13-27)37(43)40-33(25-47-38(40)44)29-16-9-4-10-17-29/h2-10,12-17,21,30-31,33,36,41H,11,18-20,22-25H2,1H3/t30-,31+,33-,36+/m1/s1. The molecule has 3 aromatic carbocycles. The van der Waals surface area contributed by atoms with Crippen LogP contribution in [0.5, 0.6) is 0 Å². The maximum absolute atomic E-state index is 14.4. The monoisotopic (exact) mass is 733 g/mol. The van der Waals surface area contributed by atoms with Gasteiger partial charge in [-0.25, -0.2) is 9.69 Å². The van der Waals surface area contributed by atoms with E-state index in [2.05, 4.69) is 15.9 Å². The van der Waals surface area contributed by atoms with E-state index in [1.807, 2.05) is 91.0 Å². The average Bonchev–Trinajstić information content (AvgIpc) is 3.69. The number of aryl methyl sites for hydroxylation is 1. The molecule has 2 heterocycles. The lowest BCUT2D eigenvalue weighted by Gasteiger charge is -2.29. The molecule has 0 spiro atoms. The van der Waals surface area contributed by atoms with E-state index in [-0.39, 0.29) is 32.0 Å². The molecular weight excluding hydrogens is 694 g/mol. The normalized spacial score (nSPS) is 16.2. The Morgan fingerprint density at radius 2 is 1.63 bits per heavy atom. The molecule has 258 valence electrons. The molecule has 1 saturated heterocycles. The first kappa shape index (κ1) is 36.0. The first-order valence-electron chi connectivity index (χ1n) is 16.2. The summed E-state index contributed by atoms with van der Waals surface area (Å²) in [5.74, 6) is -1.30. The SMILES string of the molecule is CC(=O)O[C@H](c1cc(Br)c(CCCOC[C@@H](CO)OCc2ccccc2)o1)[C@H](Cc1ccccc1)C(=O)N1C(=O)OC[C@@H]1c1ccccc1. The largest absolute Gasteiger partial charge is 0.461 e. The third kappa shape index (κ3) is 9.88. The van der Waals surface area contributed by atoms with E-state index in [1.54, 1.807) is 6.07 Å². The van der Waals surface area contributed by atoms with Gasteiger partial charge in [0.05, 0.1) is 30.2 Å². The first-order valence-corrected chi connectivity index (χ1v) is 17.0. The number of benzene rings is 3.